The second-order valence-electron chi connectivity index (χ2n) is 16.5. The summed E-state index contributed by atoms with van der Waals surface area (Å²) in [6, 6.07) is 15.7. The molecule has 7 heteroatoms. The van der Waals surface area contributed by atoms with E-state index in [1.807, 2.05) is 48.5 Å². The summed E-state index contributed by atoms with van der Waals surface area (Å²) in [5.41, 5.74) is 17.5. The highest BCUT2D eigenvalue weighted by Crippen LogP contribution is 2.42. The van der Waals surface area contributed by atoms with Crippen LogP contribution in [0.1, 0.15) is 129 Å². The fourth-order valence-corrected chi connectivity index (χ4v) is 6.51. The van der Waals surface area contributed by atoms with Crippen LogP contribution in [0, 0.1) is 0 Å². The predicted molar refractivity (Wildman–Crippen MR) is 193 cm³/mol. The van der Waals surface area contributed by atoms with E-state index in [-0.39, 0.29) is 58.6 Å². The van der Waals surface area contributed by atoms with Crippen LogP contribution in [-0.2, 0) is 48.5 Å². The second-order valence-corrected chi connectivity index (χ2v) is 16.5. The highest BCUT2D eigenvalue weighted by Gasteiger charge is 2.26. The van der Waals surface area contributed by atoms with E-state index in [0.29, 0.717) is 57.3 Å². The van der Waals surface area contributed by atoms with Crippen molar-refractivity contribution >= 4 is 0 Å². The lowest BCUT2D eigenvalue weighted by atomic mass is 9.80. The first-order valence-corrected chi connectivity index (χ1v) is 16.7. The first-order chi connectivity index (χ1) is 22.3. The zero-order chi connectivity index (χ0) is 35.3. The van der Waals surface area contributed by atoms with Crippen molar-refractivity contribution in [3.8, 4) is 23.0 Å². The molecule has 8 bridgehead atoms. The predicted octanol–water partition coefficient (Wildman–Crippen LogP) is 9.89. The normalized spacial score (nSPS) is 13.6. The summed E-state index contributed by atoms with van der Waals surface area (Å²) in [5.74, 6) is 0.478. The Morgan fingerprint density at radius 2 is 0.708 bits per heavy atom. The van der Waals surface area contributed by atoms with Crippen molar-refractivity contribution in [1.29, 1.82) is 0 Å². The Morgan fingerprint density at radius 1 is 0.479 bits per heavy atom. The van der Waals surface area contributed by atoms with Crippen LogP contribution in [0.25, 0.3) is 10.4 Å². The molecule has 7 nitrogen and oxygen atoms in total. The molecule has 0 aliphatic heterocycles. The Bertz CT molecular complexity index is 1830. The zero-order valence-corrected chi connectivity index (χ0v) is 29.8. The van der Waals surface area contributed by atoms with Gasteiger partial charge < -0.3 is 20.4 Å². The maximum absolute atomic E-state index is 11.9. The van der Waals surface area contributed by atoms with E-state index in [2.05, 4.69) is 72.3 Å². The molecule has 48 heavy (non-hydrogen) atoms. The van der Waals surface area contributed by atoms with E-state index in [1.54, 1.807) is 0 Å². The summed E-state index contributed by atoms with van der Waals surface area (Å²) in [6.45, 7) is 19.2. The van der Waals surface area contributed by atoms with Crippen LogP contribution in [0.15, 0.2) is 53.6 Å². The van der Waals surface area contributed by atoms with Crippen LogP contribution in [0.5, 0.6) is 23.0 Å². The molecule has 4 N–H and O–H groups in total. The number of benzene rings is 4. The molecule has 0 aromatic heterocycles. The van der Waals surface area contributed by atoms with Crippen molar-refractivity contribution in [2.45, 2.75) is 111 Å². The van der Waals surface area contributed by atoms with Gasteiger partial charge in [0.25, 0.3) is 0 Å². The molecule has 0 amide bonds. The van der Waals surface area contributed by atoms with E-state index in [0.717, 1.165) is 22.3 Å². The quantitative estimate of drug-likeness (QED) is 0.0863. The molecule has 0 heterocycles. The largest absolute Gasteiger partial charge is 0.507 e. The van der Waals surface area contributed by atoms with E-state index in [4.69, 9.17) is 5.53 Å². The minimum absolute atomic E-state index is 0.0775. The van der Waals surface area contributed by atoms with Gasteiger partial charge in [0.05, 0.1) is 6.54 Å². The first-order valence-electron chi connectivity index (χ1n) is 16.7. The molecule has 0 saturated carbocycles. The lowest BCUT2D eigenvalue weighted by Crippen LogP contribution is -2.15. The summed E-state index contributed by atoms with van der Waals surface area (Å²) >= 11 is 0. The number of phenolic OH excluding ortho intramolecular Hbond substituents is 4. The van der Waals surface area contributed by atoms with Gasteiger partial charge in [-0.05, 0) is 88.5 Å². The Hall–Kier alpha value is -4.61. The molecule has 5 rings (SSSR count). The van der Waals surface area contributed by atoms with Crippen molar-refractivity contribution in [1.82, 2.24) is 0 Å². The second kappa shape index (κ2) is 12.4. The molecule has 1 aliphatic carbocycles. The van der Waals surface area contributed by atoms with Gasteiger partial charge in [-0.3, -0.25) is 0 Å². The fraction of sp³-hybridized carbons (Fsp3) is 0.415. The summed E-state index contributed by atoms with van der Waals surface area (Å²) < 4.78 is 0. The summed E-state index contributed by atoms with van der Waals surface area (Å²) in [7, 11) is 0. The van der Waals surface area contributed by atoms with Gasteiger partial charge in [0, 0.05) is 30.6 Å². The van der Waals surface area contributed by atoms with Crippen molar-refractivity contribution in [3.63, 3.8) is 0 Å². The Balaban J connectivity index is 1.87. The van der Waals surface area contributed by atoms with Crippen molar-refractivity contribution in [2.75, 3.05) is 0 Å². The monoisotopic (exact) mass is 647 g/mol. The molecule has 0 radical (unpaired) electrons. The lowest BCUT2D eigenvalue weighted by molar-refractivity contribution is 0.449. The van der Waals surface area contributed by atoms with Gasteiger partial charge in [-0.15, -0.1) is 0 Å². The van der Waals surface area contributed by atoms with Gasteiger partial charge >= 0.3 is 0 Å². The minimum atomic E-state index is -0.236. The number of nitrogens with zero attached hydrogens (tertiary/aromatic N) is 3. The molecule has 1 aliphatic rings. The zero-order valence-electron chi connectivity index (χ0n) is 29.8. The highest BCUT2D eigenvalue weighted by atomic mass is 16.3. The molecule has 4 aromatic rings. The molecule has 0 fully saturated rings. The van der Waals surface area contributed by atoms with E-state index in [1.165, 1.54) is 0 Å². The highest BCUT2D eigenvalue weighted by molar-refractivity contribution is 5.58. The average molecular weight is 648 g/mol. The van der Waals surface area contributed by atoms with Gasteiger partial charge in [-0.25, -0.2) is 0 Å². The van der Waals surface area contributed by atoms with Crippen molar-refractivity contribution in [3.05, 3.63) is 126 Å². The molecular formula is C41H49N3O4. The SMILES string of the molecule is CC(C)(C)c1cc2c(O)c(c1)Cc1cc(C(C)(C)C)cc(c1O)Cc1cc(C(C)(C)C)cc(c1O)Cc1cc(CN=[N+]=[N-])cc(c1O)C2. The smallest absolute Gasteiger partial charge is 0.122 e. The molecular weight excluding hydrogens is 598 g/mol. The number of phenols is 4. The Morgan fingerprint density at radius 3 is 0.917 bits per heavy atom. The van der Waals surface area contributed by atoms with E-state index >= 15 is 0 Å². The Kier molecular flexibility index (Phi) is 9.00. The third-order valence-electron chi connectivity index (χ3n) is 9.57. The van der Waals surface area contributed by atoms with Gasteiger partial charge in [0.2, 0.25) is 0 Å². The average Bonchev–Trinajstić information content (AvgIpc) is 2.97. The first kappa shape index (κ1) is 34.7. The molecule has 4 aromatic carbocycles. The van der Waals surface area contributed by atoms with Gasteiger partial charge in [-0.2, -0.15) is 0 Å². The number of azide groups is 1. The number of fused-ring (bicyclic) bond motifs is 8. The van der Waals surface area contributed by atoms with Crippen LogP contribution in [0.3, 0.4) is 0 Å². The number of hydrogen-bond acceptors (Lipinski definition) is 5. The molecule has 252 valence electrons. The third-order valence-corrected chi connectivity index (χ3v) is 9.57. The van der Waals surface area contributed by atoms with Crippen LogP contribution in [0.2, 0.25) is 0 Å². The van der Waals surface area contributed by atoms with E-state index in [9.17, 15) is 20.4 Å². The number of aromatic hydroxyl groups is 4. The summed E-state index contributed by atoms with van der Waals surface area (Å²) in [5, 5.41) is 51.0. The van der Waals surface area contributed by atoms with Gasteiger partial charge in [-0.1, -0.05) is 116 Å². The van der Waals surface area contributed by atoms with Crippen LogP contribution < -0.4 is 0 Å². The van der Waals surface area contributed by atoms with Crippen molar-refractivity contribution in [2.24, 2.45) is 5.11 Å². The maximum Gasteiger partial charge on any atom is 0.122 e. The topological polar surface area (TPSA) is 130 Å². The van der Waals surface area contributed by atoms with Gasteiger partial charge in [0.15, 0.2) is 0 Å². The standard InChI is InChI=1S/C41H49N3O4/c1-39(2,3)32-16-26-12-24-10-23(22-43-44-42)11-25(35(24)45)13-27-17-33(40(4,5)6)19-29(37(27)47)15-31-21-34(41(7,8)9)20-30(38(31)48)14-28(18-32)36(26)46/h10-11,16-21,45-48H,12-15,22H2,1-9H3. The molecule has 0 spiro atoms. The molecule has 0 atom stereocenters. The third kappa shape index (κ3) is 7.12. The van der Waals surface area contributed by atoms with Gasteiger partial charge in [0.1, 0.15) is 23.0 Å². The van der Waals surface area contributed by atoms with Crippen LogP contribution >= 0.6 is 0 Å². The maximum atomic E-state index is 11.9. The molecule has 0 saturated heterocycles. The minimum Gasteiger partial charge on any atom is -0.507 e. The lowest BCUT2D eigenvalue weighted by Gasteiger charge is -2.26. The number of hydrogen-bond donors (Lipinski definition) is 4. The number of rotatable bonds is 2. The molecule has 0 unspecified atom stereocenters. The van der Waals surface area contributed by atoms with Crippen LogP contribution in [-0.4, -0.2) is 20.4 Å². The fourth-order valence-electron chi connectivity index (χ4n) is 6.51. The van der Waals surface area contributed by atoms with Crippen LogP contribution in [0.4, 0.5) is 0 Å². The summed E-state index contributed by atoms with van der Waals surface area (Å²) in [6.07, 6.45) is 1.03. The summed E-state index contributed by atoms with van der Waals surface area (Å²) in [4.78, 5) is 2.95. The van der Waals surface area contributed by atoms with Crippen molar-refractivity contribution < 1.29 is 20.4 Å². The van der Waals surface area contributed by atoms with E-state index < -0.39 is 0 Å². The Labute approximate surface area is 284 Å².